The first-order valence-electron chi connectivity index (χ1n) is 9.63. The molecular weight excluding hydrogens is 344 g/mol. The minimum absolute atomic E-state index is 0.177. The number of esters is 2. The molecule has 27 heavy (non-hydrogen) atoms. The Labute approximate surface area is 160 Å². The Kier molecular flexibility index (Phi) is 7.77. The molecule has 0 aromatic carbocycles. The highest BCUT2D eigenvalue weighted by molar-refractivity contribution is 6.09. The highest BCUT2D eigenvalue weighted by Crippen LogP contribution is 2.34. The van der Waals surface area contributed by atoms with E-state index in [0.717, 1.165) is 19.3 Å². The molecular formula is C22H28O5. The molecule has 5 heteroatoms. The summed E-state index contributed by atoms with van der Waals surface area (Å²) in [5.74, 6) is -0.824. The number of carbonyl (C=O) groups is 3. The summed E-state index contributed by atoms with van der Waals surface area (Å²) in [5, 5.41) is 0. The molecule has 2 aliphatic rings. The second-order valence-electron chi connectivity index (χ2n) is 6.88. The van der Waals surface area contributed by atoms with Crippen molar-refractivity contribution in [3.05, 3.63) is 48.1 Å². The summed E-state index contributed by atoms with van der Waals surface area (Å²) in [6.45, 7) is 3.50. The van der Waals surface area contributed by atoms with Crippen molar-refractivity contribution < 1.29 is 23.9 Å². The molecule has 0 amide bonds. The lowest BCUT2D eigenvalue weighted by Crippen LogP contribution is -2.33. The quantitative estimate of drug-likeness (QED) is 0.263. The van der Waals surface area contributed by atoms with Gasteiger partial charge in [0.15, 0.2) is 11.4 Å². The zero-order valence-electron chi connectivity index (χ0n) is 16.1. The molecule has 1 saturated heterocycles. The molecule has 0 unspecified atom stereocenters. The maximum atomic E-state index is 12.3. The second kappa shape index (κ2) is 10.0. The normalized spacial score (nSPS) is 26.6. The van der Waals surface area contributed by atoms with Gasteiger partial charge in [0.2, 0.25) is 0 Å². The van der Waals surface area contributed by atoms with Crippen molar-refractivity contribution in [3.63, 3.8) is 0 Å². The van der Waals surface area contributed by atoms with Gasteiger partial charge in [-0.2, -0.15) is 0 Å². The van der Waals surface area contributed by atoms with Gasteiger partial charge in [0.25, 0.3) is 0 Å². The predicted octanol–water partition coefficient (Wildman–Crippen LogP) is 4.14. The highest BCUT2D eigenvalue weighted by atomic mass is 16.6. The third kappa shape index (κ3) is 6.05. The van der Waals surface area contributed by atoms with Crippen LogP contribution in [0.4, 0.5) is 0 Å². The number of ketones is 1. The number of cyclic esters (lactones) is 1. The Morgan fingerprint density at radius 1 is 1.33 bits per heavy atom. The average Bonchev–Trinajstić information content (AvgIpc) is 3.16. The van der Waals surface area contributed by atoms with E-state index >= 15 is 0 Å². The lowest BCUT2D eigenvalue weighted by Gasteiger charge is -2.27. The van der Waals surface area contributed by atoms with Gasteiger partial charge >= 0.3 is 11.9 Å². The number of allylic oxidation sites excluding steroid dienone is 4. The van der Waals surface area contributed by atoms with Crippen molar-refractivity contribution in [2.24, 2.45) is 0 Å². The Bertz CT molecular complexity index is 683. The van der Waals surface area contributed by atoms with E-state index in [0.29, 0.717) is 24.8 Å². The summed E-state index contributed by atoms with van der Waals surface area (Å²) in [6, 6.07) is 0. The number of carbonyl (C=O) groups excluding carboxylic acids is 3. The molecule has 2 atom stereocenters. The minimum Gasteiger partial charge on any atom is -0.458 e. The summed E-state index contributed by atoms with van der Waals surface area (Å²) in [6.07, 6.45) is 17.9. The van der Waals surface area contributed by atoms with Crippen molar-refractivity contribution in [2.45, 2.75) is 70.5 Å². The lowest BCUT2D eigenvalue weighted by molar-refractivity contribution is -0.149. The fourth-order valence-corrected chi connectivity index (χ4v) is 3.23. The molecule has 146 valence electrons. The first-order valence-corrected chi connectivity index (χ1v) is 9.63. The van der Waals surface area contributed by atoms with Gasteiger partial charge in [-0.1, -0.05) is 44.1 Å². The smallest absolute Gasteiger partial charge is 0.306 e. The van der Waals surface area contributed by atoms with Crippen LogP contribution in [0.3, 0.4) is 0 Å². The van der Waals surface area contributed by atoms with Gasteiger partial charge in [-0.25, -0.2) is 0 Å². The second-order valence-corrected chi connectivity index (χ2v) is 6.88. The summed E-state index contributed by atoms with van der Waals surface area (Å²) in [7, 11) is 0. The Morgan fingerprint density at radius 3 is 2.81 bits per heavy atom. The molecule has 0 aromatic heterocycles. The topological polar surface area (TPSA) is 69.7 Å². The van der Waals surface area contributed by atoms with Crippen molar-refractivity contribution in [1.29, 1.82) is 0 Å². The zero-order valence-corrected chi connectivity index (χ0v) is 16.1. The van der Waals surface area contributed by atoms with Crippen LogP contribution < -0.4 is 0 Å². The van der Waals surface area contributed by atoms with Crippen molar-refractivity contribution in [3.8, 4) is 0 Å². The number of ether oxygens (including phenoxy) is 2. The SMILES string of the molecule is CCCCC/C=C\C[C@]1(OC(C)=O)C=CC(=O)C1=C/C=C\[C@H]1CCC(=O)O1. The number of hydrogen-bond donors (Lipinski definition) is 0. The first kappa shape index (κ1) is 20.9. The fourth-order valence-electron chi connectivity index (χ4n) is 3.23. The Hall–Kier alpha value is -2.43. The van der Waals surface area contributed by atoms with Crippen LogP contribution in [0.15, 0.2) is 48.1 Å². The van der Waals surface area contributed by atoms with E-state index in [1.54, 1.807) is 24.3 Å². The monoisotopic (exact) mass is 372 g/mol. The standard InChI is InChI=1S/C22H28O5/c1-3-4-5-6-7-8-15-22(27-17(2)23)16-14-20(24)19(22)11-9-10-18-12-13-21(25)26-18/h7-11,14,16,18H,3-6,12-13,15H2,1-2H3/b8-7-,10-9-,19-11?/t18-,22-/m0/s1. The number of unbranched alkanes of at least 4 members (excludes halogenated alkanes) is 3. The molecule has 0 radical (unpaired) electrons. The molecule has 0 spiro atoms. The highest BCUT2D eigenvalue weighted by Gasteiger charge is 2.41. The van der Waals surface area contributed by atoms with E-state index in [1.165, 1.54) is 19.4 Å². The number of hydrogen-bond acceptors (Lipinski definition) is 5. The van der Waals surface area contributed by atoms with Gasteiger partial charge in [0.1, 0.15) is 6.10 Å². The van der Waals surface area contributed by atoms with Crippen LogP contribution in [0, 0.1) is 0 Å². The minimum atomic E-state index is -1.07. The molecule has 1 aliphatic carbocycles. The zero-order chi connectivity index (χ0) is 19.7. The molecule has 0 N–H and O–H groups in total. The van der Waals surface area contributed by atoms with E-state index in [9.17, 15) is 14.4 Å². The van der Waals surface area contributed by atoms with Gasteiger partial charge in [-0.05, 0) is 37.5 Å². The largest absolute Gasteiger partial charge is 0.458 e. The molecule has 0 saturated carbocycles. The van der Waals surface area contributed by atoms with Crippen LogP contribution >= 0.6 is 0 Å². The third-order valence-corrected chi connectivity index (χ3v) is 4.62. The van der Waals surface area contributed by atoms with Crippen LogP contribution in [0.5, 0.6) is 0 Å². The molecule has 0 bridgehead atoms. The molecule has 1 fully saturated rings. The molecule has 0 aromatic rings. The van der Waals surface area contributed by atoms with Gasteiger partial charge < -0.3 is 9.47 Å². The predicted molar refractivity (Wildman–Crippen MR) is 103 cm³/mol. The van der Waals surface area contributed by atoms with Crippen molar-refractivity contribution in [2.75, 3.05) is 0 Å². The first-order chi connectivity index (χ1) is 13.0. The van der Waals surface area contributed by atoms with Crippen LogP contribution in [0.2, 0.25) is 0 Å². The van der Waals surface area contributed by atoms with Gasteiger partial charge in [0, 0.05) is 25.3 Å². The maximum absolute atomic E-state index is 12.3. The van der Waals surface area contributed by atoms with E-state index in [4.69, 9.17) is 9.47 Å². The maximum Gasteiger partial charge on any atom is 0.306 e. The van der Waals surface area contributed by atoms with E-state index in [1.807, 2.05) is 6.08 Å². The summed E-state index contributed by atoms with van der Waals surface area (Å²) in [4.78, 5) is 35.2. The summed E-state index contributed by atoms with van der Waals surface area (Å²) in [5.41, 5.74) is -0.655. The van der Waals surface area contributed by atoms with Gasteiger partial charge in [0.05, 0.1) is 0 Å². The molecule has 1 heterocycles. The Balaban J connectivity index is 2.11. The van der Waals surface area contributed by atoms with Crippen LogP contribution in [-0.4, -0.2) is 29.4 Å². The van der Waals surface area contributed by atoms with E-state index < -0.39 is 11.6 Å². The van der Waals surface area contributed by atoms with Crippen molar-refractivity contribution >= 4 is 17.7 Å². The fraction of sp³-hybridized carbons (Fsp3) is 0.500. The van der Waals surface area contributed by atoms with Gasteiger partial charge in [-0.15, -0.1) is 0 Å². The molecule has 5 nitrogen and oxygen atoms in total. The lowest BCUT2D eigenvalue weighted by atomic mass is 9.91. The average molecular weight is 372 g/mol. The summed E-state index contributed by atoms with van der Waals surface area (Å²) >= 11 is 0. The van der Waals surface area contributed by atoms with Crippen LogP contribution in [-0.2, 0) is 23.9 Å². The Morgan fingerprint density at radius 2 is 2.15 bits per heavy atom. The van der Waals surface area contributed by atoms with Gasteiger partial charge in [-0.3, -0.25) is 14.4 Å². The summed E-state index contributed by atoms with van der Waals surface area (Å²) < 4.78 is 10.7. The van der Waals surface area contributed by atoms with Crippen LogP contribution in [0.1, 0.15) is 58.8 Å². The number of rotatable bonds is 9. The van der Waals surface area contributed by atoms with E-state index in [2.05, 4.69) is 13.0 Å². The van der Waals surface area contributed by atoms with E-state index in [-0.39, 0.29) is 17.9 Å². The van der Waals surface area contributed by atoms with Crippen LogP contribution in [0.25, 0.3) is 0 Å². The van der Waals surface area contributed by atoms with Crippen molar-refractivity contribution in [1.82, 2.24) is 0 Å². The molecule has 2 rings (SSSR count). The molecule has 1 aliphatic heterocycles. The third-order valence-electron chi connectivity index (χ3n) is 4.62.